The van der Waals surface area contributed by atoms with E-state index in [4.69, 9.17) is 11.6 Å². The van der Waals surface area contributed by atoms with E-state index in [9.17, 15) is 0 Å². The predicted octanol–water partition coefficient (Wildman–Crippen LogP) is 5.12. The Balaban J connectivity index is 1.79. The second-order valence-electron chi connectivity index (χ2n) is 5.83. The van der Waals surface area contributed by atoms with Crippen molar-refractivity contribution in [2.24, 2.45) is 5.92 Å². The van der Waals surface area contributed by atoms with Gasteiger partial charge in [0.25, 0.3) is 0 Å². The van der Waals surface area contributed by atoms with E-state index in [-0.39, 0.29) is 0 Å². The lowest BCUT2D eigenvalue weighted by atomic mass is 10.1. The molecule has 2 aromatic rings. The number of hydrogen-bond donors (Lipinski definition) is 1. The molecule has 0 aliphatic rings. The highest BCUT2D eigenvalue weighted by Gasteiger charge is 2.09. The third-order valence-electron chi connectivity index (χ3n) is 4.12. The number of nitrogens with one attached hydrogen (secondary N) is 1. The molecule has 0 spiro atoms. The van der Waals surface area contributed by atoms with Gasteiger partial charge < -0.3 is 10.2 Å². The van der Waals surface area contributed by atoms with Crippen molar-refractivity contribution < 1.29 is 0 Å². The lowest BCUT2D eigenvalue weighted by molar-refractivity contribution is 0.289. The number of nitrogens with zero attached hydrogens (tertiary/aromatic N) is 2. The van der Waals surface area contributed by atoms with Crippen LogP contribution in [0, 0.1) is 5.92 Å². The van der Waals surface area contributed by atoms with Gasteiger partial charge in [-0.25, -0.2) is 0 Å². The lowest BCUT2D eigenvalue weighted by Gasteiger charge is -2.19. The summed E-state index contributed by atoms with van der Waals surface area (Å²) in [7, 11) is 0. The molecular weight excluding hydrogens is 314 g/mol. The van der Waals surface area contributed by atoms with Crippen molar-refractivity contribution in [3.63, 3.8) is 0 Å². The van der Waals surface area contributed by atoms with Crippen LogP contribution in [0.2, 0.25) is 5.02 Å². The van der Waals surface area contributed by atoms with Crippen LogP contribution in [0.5, 0.6) is 0 Å². The van der Waals surface area contributed by atoms with Crippen LogP contribution in [0.15, 0.2) is 18.2 Å². The van der Waals surface area contributed by atoms with E-state index >= 15 is 0 Å². The quantitative estimate of drug-likeness (QED) is 0.687. The van der Waals surface area contributed by atoms with E-state index in [0.29, 0.717) is 5.92 Å². The molecule has 0 amide bonds. The molecule has 1 aromatic carbocycles. The summed E-state index contributed by atoms with van der Waals surface area (Å²) in [6, 6.07) is 5.90. The van der Waals surface area contributed by atoms with Crippen LogP contribution in [0.1, 0.15) is 33.6 Å². The smallest absolute Gasteiger partial charge is 0.117 e. The highest BCUT2D eigenvalue weighted by Crippen LogP contribution is 2.29. The molecule has 3 nitrogen and oxygen atoms in total. The average molecular weight is 340 g/mol. The Hall–Kier alpha value is -0.840. The fourth-order valence-corrected chi connectivity index (χ4v) is 3.54. The molecule has 0 bridgehead atoms. The predicted molar refractivity (Wildman–Crippen MR) is 99.3 cm³/mol. The number of rotatable bonds is 9. The summed E-state index contributed by atoms with van der Waals surface area (Å²) in [4.78, 5) is 2.49. The van der Waals surface area contributed by atoms with E-state index in [1.165, 1.54) is 36.3 Å². The summed E-state index contributed by atoms with van der Waals surface area (Å²) in [5, 5.41) is 6.62. The molecule has 122 valence electrons. The molecule has 0 aliphatic carbocycles. The minimum atomic E-state index is 0.667. The van der Waals surface area contributed by atoms with Gasteiger partial charge in [-0.1, -0.05) is 32.4 Å². The van der Waals surface area contributed by atoms with E-state index in [0.717, 1.165) is 35.2 Å². The van der Waals surface area contributed by atoms with Gasteiger partial charge in [0.05, 0.1) is 5.52 Å². The second kappa shape index (κ2) is 8.70. The lowest BCUT2D eigenvalue weighted by Crippen LogP contribution is -2.24. The van der Waals surface area contributed by atoms with E-state index in [1.807, 2.05) is 12.1 Å². The van der Waals surface area contributed by atoms with Crippen LogP contribution in [-0.4, -0.2) is 35.5 Å². The van der Waals surface area contributed by atoms with Crippen molar-refractivity contribution in [2.45, 2.75) is 33.6 Å². The molecular formula is C17H26ClN3S. The van der Waals surface area contributed by atoms with Crippen LogP contribution >= 0.6 is 23.1 Å². The standard InChI is InChI=1S/C17H26ClN3S/c1-4-21(5-2)10-6-7-13(3)12-19-17-15-9-8-14(18)11-16(15)20-22-17/h8-9,11,13,19H,4-7,10,12H2,1-3H3. The monoisotopic (exact) mass is 339 g/mol. The number of fused-ring (bicyclic) bond motifs is 1. The highest BCUT2D eigenvalue weighted by molar-refractivity contribution is 7.11. The van der Waals surface area contributed by atoms with Gasteiger partial charge in [0.1, 0.15) is 5.00 Å². The molecule has 1 heterocycles. The van der Waals surface area contributed by atoms with Gasteiger partial charge in [-0.2, -0.15) is 4.37 Å². The van der Waals surface area contributed by atoms with Gasteiger partial charge in [0.2, 0.25) is 0 Å². The van der Waals surface area contributed by atoms with Gasteiger partial charge in [-0.05, 0) is 68.1 Å². The molecule has 0 radical (unpaired) electrons. The Morgan fingerprint density at radius 1 is 1.32 bits per heavy atom. The minimum absolute atomic E-state index is 0.667. The first-order valence-electron chi connectivity index (χ1n) is 8.15. The first-order valence-corrected chi connectivity index (χ1v) is 9.30. The Morgan fingerprint density at radius 3 is 2.82 bits per heavy atom. The summed E-state index contributed by atoms with van der Waals surface area (Å²) in [6.45, 7) is 11.3. The fourth-order valence-electron chi connectivity index (χ4n) is 2.62. The molecule has 0 aliphatic heterocycles. The Labute approximate surface area is 142 Å². The zero-order valence-corrected chi connectivity index (χ0v) is 15.3. The molecule has 0 saturated carbocycles. The number of benzene rings is 1. The van der Waals surface area contributed by atoms with E-state index < -0.39 is 0 Å². The van der Waals surface area contributed by atoms with Crippen LogP contribution in [0.4, 0.5) is 5.00 Å². The van der Waals surface area contributed by atoms with Crippen molar-refractivity contribution in [2.75, 3.05) is 31.5 Å². The summed E-state index contributed by atoms with van der Waals surface area (Å²) in [6.07, 6.45) is 2.52. The zero-order chi connectivity index (χ0) is 15.9. The Morgan fingerprint density at radius 2 is 2.09 bits per heavy atom. The third kappa shape index (κ3) is 4.83. The van der Waals surface area contributed by atoms with Gasteiger partial charge >= 0.3 is 0 Å². The van der Waals surface area contributed by atoms with Crippen molar-refractivity contribution in [1.82, 2.24) is 9.27 Å². The third-order valence-corrected chi connectivity index (χ3v) is 5.19. The van der Waals surface area contributed by atoms with Crippen LogP contribution in [0.3, 0.4) is 0 Å². The minimum Gasteiger partial charge on any atom is -0.375 e. The molecule has 2 rings (SSSR count). The molecule has 0 saturated heterocycles. The largest absolute Gasteiger partial charge is 0.375 e. The van der Waals surface area contributed by atoms with E-state index in [1.54, 1.807) is 0 Å². The summed E-state index contributed by atoms with van der Waals surface area (Å²) in [5.74, 6) is 0.667. The van der Waals surface area contributed by atoms with Crippen molar-refractivity contribution in [3.8, 4) is 0 Å². The molecule has 1 unspecified atom stereocenters. The van der Waals surface area contributed by atoms with Crippen LogP contribution < -0.4 is 5.32 Å². The Bertz CT molecular complexity index is 580. The maximum Gasteiger partial charge on any atom is 0.117 e. The summed E-state index contributed by atoms with van der Waals surface area (Å²) >= 11 is 7.52. The van der Waals surface area contributed by atoms with Crippen molar-refractivity contribution >= 4 is 39.0 Å². The summed E-state index contributed by atoms with van der Waals surface area (Å²) < 4.78 is 4.45. The SMILES string of the molecule is CCN(CC)CCCC(C)CNc1snc2cc(Cl)ccc12. The van der Waals surface area contributed by atoms with Crippen molar-refractivity contribution in [1.29, 1.82) is 0 Å². The van der Waals surface area contributed by atoms with Gasteiger partial charge in [-0.15, -0.1) is 0 Å². The molecule has 1 N–H and O–H groups in total. The molecule has 22 heavy (non-hydrogen) atoms. The normalized spacial score (nSPS) is 13.0. The Kier molecular flexibility index (Phi) is 6.93. The number of hydrogen-bond acceptors (Lipinski definition) is 4. The number of halogens is 1. The van der Waals surface area contributed by atoms with Gasteiger partial charge in [0.15, 0.2) is 0 Å². The van der Waals surface area contributed by atoms with Crippen LogP contribution in [0.25, 0.3) is 10.9 Å². The van der Waals surface area contributed by atoms with Gasteiger partial charge in [-0.3, -0.25) is 0 Å². The van der Waals surface area contributed by atoms with Crippen LogP contribution in [-0.2, 0) is 0 Å². The number of anilines is 1. The molecule has 0 fully saturated rings. The zero-order valence-electron chi connectivity index (χ0n) is 13.7. The molecule has 1 aromatic heterocycles. The molecule has 5 heteroatoms. The van der Waals surface area contributed by atoms with Crippen molar-refractivity contribution in [3.05, 3.63) is 23.2 Å². The van der Waals surface area contributed by atoms with E-state index in [2.05, 4.69) is 41.4 Å². The highest BCUT2D eigenvalue weighted by atomic mass is 35.5. The number of aromatic nitrogens is 1. The first-order chi connectivity index (χ1) is 10.6. The second-order valence-corrected chi connectivity index (χ2v) is 7.04. The van der Waals surface area contributed by atoms with Gasteiger partial charge in [0, 0.05) is 17.0 Å². The fraction of sp³-hybridized carbons (Fsp3) is 0.588. The topological polar surface area (TPSA) is 28.2 Å². The first kappa shape index (κ1) is 17.5. The summed E-state index contributed by atoms with van der Waals surface area (Å²) in [5.41, 5.74) is 0.981. The maximum absolute atomic E-state index is 6.00. The molecule has 1 atom stereocenters. The average Bonchev–Trinajstić information content (AvgIpc) is 2.91. The maximum atomic E-state index is 6.00.